The molecule has 8 aromatic carbocycles. The fourth-order valence-corrected chi connectivity index (χ4v) is 9.67. The van der Waals surface area contributed by atoms with Gasteiger partial charge in [-0.15, -0.1) is 0 Å². The summed E-state index contributed by atoms with van der Waals surface area (Å²) in [5.74, 6) is 1.93. The van der Waals surface area contributed by atoms with Gasteiger partial charge in [0, 0.05) is 22.1 Å². The molecule has 1 saturated carbocycles. The smallest absolute Gasteiger partial charge is 0.164 e. The van der Waals surface area contributed by atoms with Crippen molar-refractivity contribution in [2.45, 2.75) is 37.5 Å². The standard InChI is InChI=1S/C57H43N3/c1-4-13-39(14-5-1)41-25-29-45(30-26-41)54-58-55(60-56(59-54)49-18-12-17-47(37-49)40-15-6-2-7-16-40)46-31-27-43(28-32-46)42-21-23-44(24-22-42)48-33-34-51-50-19-8-9-20-52(50)57(53(51)38-48)35-10-3-11-36-57/h1-2,4-9,12-34,37-38H,3,10-11,35-36H2. The zero-order valence-electron chi connectivity index (χ0n) is 33.4. The molecule has 2 aliphatic carbocycles. The van der Waals surface area contributed by atoms with Gasteiger partial charge in [0.2, 0.25) is 0 Å². The maximum atomic E-state index is 5.09. The summed E-state index contributed by atoms with van der Waals surface area (Å²) in [6.45, 7) is 0. The number of benzene rings is 8. The van der Waals surface area contributed by atoms with Crippen molar-refractivity contribution in [1.29, 1.82) is 0 Å². The molecule has 0 N–H and O–H groups in total. The Balaban J connectivity index is 0.909. The molecule has 0 bridgehead atoms. The van der Waals surface area contributed by atoms with E-state index in [9.17, 15) is 0 Å². The molecule has 3 nitrogen and oxygen atoms in total. The zero-order chi connectivity index (χ0) is 39.9. The van der Waals surface area contributed by atoms with Gasteiger partial charge in [-0.25, -0.2) is 15.0 Å². The van der Waals surface area contributed by atoms with Crippen LogP contribution in [0.25, 0.3) is 89.8 Å². The Kier molecular flexibility index (Phi) is 9.08. The van der Waals surface area contributed by atoms with Gasteiger partial charge in [-0.05, 0) is 91.7 Å². The average Bonchev–Trinajstić information content (AvgIpc) is 3.60. The molecule has 1 fully saturated rings. The third kappa shape index (κ3) is 6.53. The van der Waals surface area contributed by atoms with Crippen molar-refractivity contribution in [3.05, 3.63) is 211 Å². The topological polar surface area (TPSA) is 38.7 Å². The fourth-order valence-electron chi connectivity index (χ4n) is 9.67. The van der Waals surface area contributed by atoms with Gasteiger partial charge < -0.3 is 0 Å². The summed E-state index contributed by atoms with van der Waals surface area (Å²) in [5, 5.41) is 0. The van der Waals surface area contributed by atoms with Crippen molar-refractivity contribution in [2.24, 2.45) is 0 Å². The minimum atomic E-state index is 0.154. The van der Waals surface area contributed by atoms with E-state index in [-0.39, 0.29) is 5.41 Å². The fraction of sp³-hybridized carbons (Fsp3) is 0.105. The Morgan fingerprint density at radius 1 is 0.267 bits per heavy atom. The predicted octanol–water partition coefficient (Wildman–Crippen LogP) is 14.8. The molecular weight excluding hydrogens is 727 g/mol. The SMILES string of the molecule is c1ccc(-c2ccc(-c3nc(-c4ccc(-c5ccc(-c6ccc7c(c6)C6(CCCCC6)c6ccccc6-7)cc5)cc4)nc(-c4cccc(-c5ccccc5)c4)n3)cc2)cc1. The van der Waals surface area contributed by atoms with Gasteiger partial charge in [-0.2, -0.15) is 0 Å². The van der Waals surface area contributed by atoms with Gasteiger partial charge in [0.1, 0.15) is 0 Å². The van der Waals surface area contributed by atoms with E-state index in [2.05, 4.69) is 188 Å². The second kappa shape index (κ2) is 15.2. The van der Waals surface area contributed by atoms with Crippen LogP contribution < -0.4 is 0 Å². The molecule has 11 rings (SSSR count). The number of aromatic nitrogens is 3. The van der Waals surface area contributed by atoms with Crippen molar-refractivity contribution in [3.63, 3.8) is 0 Å². The molecular formula is C57H43N3. The first kappa shape index (κ1) is 35.9. The summed E-state index contributed by atoms with van der Waals surface area (Å²) >= 11 is 0. The van der Waals surface area contributed by atoms with Crippen molar-refractivity contribution in [1.82, 2.24) is 15.0 Å². The molecule has 60 heavy (non-hydrogen) atoms. The maximum Gasteiger partial charge on any atom is 0.164 e. The number of fused-ring (bicyclic) bond motifs is 5. The van der Waals surface area contributed by atoms with Crippen LogP contribution in [0.4, 0.5) is 0 Å². The molecule has 0 saturated heterocycles. The lowest BCUT2D eigenvalue weighted by Crippen LogP contribution is -2.28. The van der Waals surface area contributed by atoms with Crippen LogP contribution in [-0.2, 0) is 5.41 Å². The molecule has 0 amide bonds. The van der Waals surface area contributed by atoms with Gasteiger partial charge in [0.25, 0.3) is 0 Å². The van der Waals surface area contributed by atoms with Gasteiger partial charge in [0.15, 0.2) is 17.5 Å². The summed E-state index contributed by atoms with van der Waals surface area (Å²) in [5.41, 5.74) is 18.4. The number of rotatable bonds is 7. The van der Waals surface area contributed by atoms with E-state index in [0.29, 0.717) is 17.5 Å². The van der Waals surface area contributed by atoms with Crippen molar-refractivity contribution in [2.75, 3.05) is 0 Å². The molecule has 3 heteroatoms. The van der Waals surface area contributed by atoms with Gasteiger partial charge in [-0.1, -0.05) is 207 Å². The maximum absolute atomic E-state index is 5.09. The average molecular weight is 770 g/mol. The quantitative estimate of drug-likeness (QED) is 0.162. The van der Waals surface area contributed by atoms with Crippen molar-refractivity contribution in [3.8, 4) is 89.8 Å². The second-order valence-electron chi connectivity index (χ2n) is 16.3. The highest BCUT2D eigenvalue weighted by Gasteiger charge is 2.43. The highest BCUT2D eigenvalue weighted by Crippen LogP contribution is 2.56. The van der Waals surface area contributed by atoms with E-state index in [1.807, 2.05) is 12.1 Å². The molecule has 0 aliphatic heterocycles. The first-order chi connectivity index (χ1) is 29.7. The van der Waals surface area contributed by atoms with Crippen LogP contribution in [0.5, 0.6) is 0 Å². The minimum absolute atomic E-state index is 0.154. The van der Waals surface area contributed by atoms with E-state index in [1.165, 1.54) is 76.6 Å². The van der Waals surface area contributed by atoms with Crippen LogP contribution in [0.2, 0.25) is 0 Å². The second-order valence-corrected chi connectivity index (χ2v) is 16.3. The first-order valence-electron chi connectivity index (χ1n) is 21.2. The molecule has 0 radical (unpaired) electrons. The molecule has 286 valence electrons. The Morgan fingerprint density at radius 2 is 0.650 bits per heavy atom. The van der Waals surface area contributed by atoms with Crippen LogP contribution in [0.3, 0.4) is 0 Å². The van der Waals surface area contributed by atoms with E-state index < -0.39 is 0 Å². The van der Waals surface area contributed by atoms with Crippen molar-refractivity contribution >= 4 is 0 Å². The molecule has 9 aromatic rings. The lowest BCUT2D eigenvalue weighted by molar-refractivity contribution is 0.353. The molecule has 0 unspecified atom stereocenters. The van der Waals surface area contributed by atoms with Gasteiger partial charge >= 0.3 is 0 Å². The molecule has 1 spiro atoms. The third-order valence-corrected chi connectivity index (χ3v) is 12.8. The summed E-state index contributed by atoms with van der Waals surface area (Å²) in [6, 6.07) is 71.8. The summed E-state index contributed by atoms with van der Waals surface area (Å²) < 4.78 is 0. The Bertz CT molecular complexity index is 2960. The van der Waals surface area contributed by atoms with Gasteiger partial charge in [0.05, 0.1) is 0 Å². The predicted molar refractivity (Wildman–Crippen MR) is 247 cm³/mol. The number of nitrogens with zero attached hydrogens (tertiary/aromatic N) is 3. The van der Waals surface area contributed by atoms with Crippen LogP contribution in [-0.4, -0.2) is 15.0 Å². The van der Waals surface area contributed by atoms with E-state index >= 15 is 0 Å². The van der Waals surface area contributed by atoms with Crippen LogP contribution in [0.1, 0.15) is 43.2 Å². The van der Waals surface area contributed by atoms with Crippen LogP contribution in [0, 0.1) is 0 Å². The van der Waals surface area contributed by atoms with E-state index in [1.54, 1.807) is 0 Å². The van der Waals surface area contributed by atoms with E-state index in [0.717, 1.165) is 38.9 Å². The highest BCUT2D eigenvalue weighted by molar-refractivity contribution is 5.84. The summed E-state index contributed by atoms with van der Waals surface area (Å²) in [4.78, 5) is 15.2. The zero-order valence-corrected chi connectivity index (χ0v) is 33.4. The van der Waals surface area contributed by atoms with Crippen molar-refractivity contribution < 1.29 is 0 Å². The molecule has 1 heterocycles. The number of hydrogen-bond acceptors (Lipinski definition) is 3. The van der Waals surface area contributed by atoms with Crippen LogP contribution >= 0.6 is 0 Å². The summed E-state index contributed by atoms with van der Waals surface area (Å²) in [7, 11) is 0. The monoisotopic (exact) mass is 769 g/mol. The Morgan fingerprint density at radius 3 is 1.23 bits per heavy atom. The molecule has 0 atom stereocenters. The lowest BCUT2D eigenvalue weighted by atomic mass is 9.67. The third-order valence-electron chi connectivity index (χ3n) is 12.8. The van der Waals surface area contributed by atoms with Gasteiger partial charge in [-0.3, -0.25) is 0 Å². The summed E-state index contributed by atoms with van der Waals surface area (Å²) in [6.07, 6.45) is 6.42. The highest BCUT2D eigenvalue weighted by atomic mass is 15.0. The Hall–Kier alpha value is -7.23. The first-order valence-corrected chi connectivity index (χ1v) is 21.2. The molecule has 2 aliphatic rings. The lowest BCUT2D eigenvalue weighted by Gasteiger charge is -2.36. The number of hydrogen-bond donors (Lipinski definition) is 0. The normalized spacial score (nSPS) is 13.8. The van der Waals surface area contributed by atoms with E-state index in [4.69, 9.17) is 15.0 Å². The van der Waals surface area contributed by atoms with Crippen LogP contribution in [0.15, 0.2) is 200 Å². The minimum Gasteiger partial charge on any atom is -0.208 e. The Labute approximate surface area is 352 Å². The molecule has 1 aromatic heterocycles. The largest absolute Gasteiger partial charge is 0.208 e.